The fraction of sp³-hybridized carbons (Fsp3) is 0.182. The number of hydrogen-bond donors (Lipinski definition) is 2. The number of H-pyrrole nitrogens is 1. The van der Waals surface area contributed by atoms with Crippen molar-refractivity contribution < 1.29 is 4.74 Å². The molecule has 0 aliphatic carbocycles. The van der Waals surface area contributed by atoms with Gasteiger partial charge in [-0.15, -0.1) is 0 Å². The molecule has 0 radical (unpaired) electrons. The zero-order chi connectivity index (χ0) is 21.3. The van der Waals surface area contributed by atoms with E-state index >= 15 is 0 Å². The zero-order valence-corrected chi connectivity index (χ0v) is 18.4. The number of nitrogens with one attached hydrogen (secondary N) is 2. The molecule has 0 unspecified atom stereocenters. The first kappa shape index (κ1) is 20.0. The maximum Gasteiger partial charge on any atom is 0.256 e. The first-order valence-corrected chi connectivity index (χ1v) is 10.2. The van der Waals surface area contributed by atoms with Gasteiger partial charge in [0, 0.05) is 21.8 Å². The molecule has 0 fully saturated rings. The summed E-state index contributed by atoms with van der Waals surface area (Å²) in [5, 5.41) is 3.92. The third kappa shape index (κ3) is 4.04. The average Bonchev–Trinajstić information content (AvgIpc) is 2.72. The van der Waals surface area contributed by atoms with Gasteiger partial charge < -0.3 is 4.74 Å². The Hall–Kier alpha value is -3.26. The number of para-hydroxylation sites is 1. The van der Waals surface area contributed by atoms with Crippen molar-refractivity contribution in [1.82, 2.24) is 19.9 Å². The van der Waals surface area contributed by atoms with E-state index in [4.69, 9.17) is 4.74 Å². The number of nitrogens with zero attached hydrogens (tertiary/aromatic N) is 3. The fourth-order valence-corrected chi connectivity index (χ4v) is 3.55. The number of fused-ring (bicyclic) bond motifs is 1. The number of benzene rings is 2. The van der Waals surface area contributed by atoms with Crippen LogP contribution in [0.4, 0.5) is 11.9 Å². The lowest BCUT2D eigenvalue weighted by molar-refractivity contribution is 0.419. The number of anilines is 2. The number of hydrogen-bond acceptors (Lipinski definition) is 6. The van der Waals surface area contributed by atoms with Gasteiger partial charge in [-0.25, -0.2) is 15.0 Å². The van der Waals surface area contributed by atoms with Gasteiger partial charge in [-0.1, -0.05) is 40.2 Å². The molecule has 4 aromatic rings. The molecule has 152 valence electrons. The van der Waals surface area contributed by atoms with Crippen molar-refractivity contribution in [1.29, 1.82) is 0 Å². The van der Waals surface area contributed by atoms with Gasteiger partial charge in [0.2, 0.25) is 11.9 Å². The molecule has 4 rings (SSSR count). The smallest absolute Gasteiger partial charge is 0.256 e. The lowest BCUT2D eigenvalue weighted by Crippen LogP contribution is -2.19. The van der Waals surface area contributed by atoms with Gasteiger partial charge in [-0.2, -0.15) is 0 Å². The van der Waals surface area contributed by atoms with Gasteiger partial charge in [0.15, 0.2) is 0 Å². The zero-order valence-electron chi connectivity index (χ0n) is 16.8. The van der Waals surface area contributed by atoms with E-state index in [9.17, 15) is 4.79 Å². The number of aryl methyl sites for hydroxylation is 2. The summed E-state index contributed by atoms with van der Waals surface area (Å²) in [4.78, 5) is 29.0. The molecule has 0 saturated heterocycles. The van der Waals surface area contributed by atoms with Crippen molar-refractivity contribution in [3.8, 4) is 5.75 Å². The molecule has 8 heteroatoms. The molecule has 0 amide bonds. The third-order valence-corrected chi connectivity index (χ3v) is 5.38. The Kier molecular flexibility index (Phi) is 5.50. The summed E-state index contributed by atoms with van der Waals surface area (Å²) >= 11 is 3.42. The number of aromatic nitrogens is 4. The summed E-state index contributed by atoms with van der Waals surface area (Å²) in [6, 6.07) is 13.6. The number of methoxy groups -OCH3 is 1. The summed E-state index contributed by atoms with van der Waals surface area (Å²) < 4.78 is 6.41. The second-order valence-corrected chi connectivity index (χ2v) is 7.81. The van der Waals surface area contributed by atoms with Gasteiger partial charge in [0.25, 0.3) is 5.56 Å². The van der Waals surface area contributed by atoms with E-state index < -0.39 is 0 Å². The van der Waals surface area contributed by atoms with E-state index in [2.05, 4.69) is 41.2 Å². The Morgan fingerprint density at radius 2 is 1.80 bits per heavy atom. The lowest BCUT2D eigenvalue weighted by Gasteiger charge is -2.11. The largest absolute Gasteiger partial charge is 0.494 e. The summed E-state index contributed by atoms with van der Waals surface area (Å²) in [5.74, 6) is 1.29. The van der Waals surface area contributed by atoms with Crippen LogP contribution in [0.5, 0.6) is 5.75 Å². The van der Waals surface area contributed by atoms with Crippen LogP contribution in [0.1, 0.15) is 22.5 Å². The van der Waals surface area contributed by atoms with Gasteiger partial charge in [0.05, 0.1) is 18.5 Å². The lowest BCUT2D eigenvalue weighted by atomic mass is 10.1. The highest BCUT2D eigenvalue weighted by Gasteiger charge is 2.13. The van der Waals surface area contributed by atoms with Gasteiger partial charge in [-0.05, 0) is 37.6 Å². The number of aromatic amines is 1. The highest BCUT2D eigenvalue weighted by atomic mass is 79.9. The quantitative estimate of drug-likeness (QED) is 0.452. The molecule has 0 atom stereocenters. The summed E-state index contributed by atoms with van der Waals surface area (Å²) in [6.45, 7) is 3.72. The maximum absolute atomic E-state index is 12.7. The van der Waals surface area contributed by atoms with Gasteiger partial charge >= 0.3 is 0 Å². The van der Waals surface area contributed by atoms with E-state index in [1.165, 1.54) is 0 Å². The summed E-state index contributed by atoms with van der Waals surface area (Å²) in [5.41, 5.74) is 3.62. The molecule has 7 nitrogen and oxygen atoms in total. The van der Waals surface area contributed by atoms with Crippen molar-refractivity contribution in [2.24, 2.45) is 0 Å². The molecule has 0 aliphatic heterocycles. The third-order valence-electron chi connectivity index (χ3n) is 4.85. The average molecular weight is 466 g/mol. The van der Waals surface area contributed by atoms with Crippen molar-refractivity contribution in [3.05, 3.63) is 79.8 Å². The van der Waals surface area contributed by atoms with E-state index in [0.29, 0.717) is 40.8 Å². The molecule has 0 saturated carbocycles. The Morgan fingerprint density at radius 1 is 1.03 bits per heavy atom. The van der Waals surface area contributed by atoms with Crippen LogP contribution in [0.15, 0.2) is 51.7 Å². The van der Waals surface area contributed by atoms with Crippen LogP contribution in [-0.4, -0.2) is 27.0 Å². The topological polar surface area (TPSA) is 92.8 Å². The minimum atomic E-state index is -0.192. The molecule has 0 spiro atoms. The second kappa shape index (κ2) is 8.23. The van der Waals surface area contributed by atoms with E-state index in [1.807, 2.05) is 56.3 Å². The Balaban J connectivity index is 1.66. The van der Waals surface area contributed by atoms with Crippen LogP contribution >= 0.6 is 15.9 Å². The Bertz CT molecular complexity index is 1290. The number of ether oxygens (including phenoxy) is 1. The van der Waals surface area contributed by atoms with Crippen molar-refractivity contribution >= 4 is 38.7 Å². The van der Waals surface area contributed by atoms with Crippen molar-refractivity contribution in [3.63, 3.8) is 0 Å². The highest BCUT2D eigenvalue weighted by molar-refractivity contribution is 9.10. The second-order valence-electron chi connectivity index (χ2n) is 6.90. The molecular weight excluding hydrogens is 446 g/mol. The number of rotatable bonds is 5. The summed E-state index contributed by atoms with van der Waals surface area (Å²) in [7, 11) is 1.60. The van der Waals surface area contributed by atoms with Gasteiger partial charge in [-0.3, -0.25) is 15.1 Å². The standard InChI is InChI=1S/C22H20BrN5O2/c1-12-16-5-4-6-18(30-3)19(16)26-21(24-12)28-22-25-13(2)17(20(29)27-22)11-14-7-9-15(23)10-8-14/h4-10H,11H2,1-3H3,(H2,24,25,26,27,28,29). The molecule has 2 N–H and O–H groups in total. The summed E-state index contributed by atoms with van der Waals surface area (Å²) in [6.07, 6.45) is 0.504. The first-order valence-electron chi connectivity index (χ1n) is 9.37. The maximum atomic E-state index is 12.7. The van der Waals surface area contributed by atoms with E-state index in [-0.39, 0.29) is 5.56 Å². The Morgan fingerprint density at radius 3 is 2.50 bits per heavy atom. The van der Waals surface area contributed by atoms with Crippen LogP contribution in [0, 0.1) is 13.8 Å². The van der Waals surface area contributed by atoms with Crippen LogP contribution in [0.25, 0.3) is 10.9 Å². The van der Waals surface area contributed by atoms with Crippen LogP contribution in [0.2, 0.25) is 0 Å². The molecule has 30 heavy (non-hydrogen) atoms. The predicted molar refractivity (Wildman–Crippen MR) is 121 cm³/mol. The van der Waals surface area contributed by atoms with Crippen LogP contribution < -0.4 is 15.6 Å². The van der Waals surface area contributed by atoms with Gasteiger partial charge in [0.1, 0.15) is 11.3 Å². The molecular formula is C22H20BrN5O2. The number of halogens is 1. The highest BCUT2D eigenvalue weighted by Crippen LogP contribution is 2.26. The minimum Gasteiger partial charge on any atom is -0.494 e. The van der Waals surface area contributed by atoms with E-state index in [1.54, 1.807) is 7.11 Å². The SMILES string of the molecule is COc1cccc2c(C)nc(Nc3nc(C)c(Cc4ccc(Br)cc4)c(=O)[nH]3)nc12. The predicted octanol–water partition coefficient (Wildman–Crippen LogP) is 4.44. The van der Waals surface area contributed by atoms with Crippen molar-refractivity contribution in [2.45, 2.75) is 20.3 Å². The monoisotopic (exact) mass is 465 g/mol. The molecule has 0 bridgehead atoms. The molecule has 2 aromatic heterocycles. The Labute approximate surface area is 181 Å². The molecule has 2 heterocycles. The van der Waals surface area contributed by atoms with Crippen LogP contribution in [0.3, 0.4) is 0 Å². The van der Waals surface area contributed by atoms with Crippen molar-refractivity contribution in [2.75, 3.05) is 12.4 Å². The minimum absolute atomic E-state index is 0.192. The first-order chi connectivity index (χ1) is 14.4. The molecule has 2 aromatic carbocycles. The van der Waals surface area contributed by atoms with Crippen LogP contribution in [-0.2, 0) is 6.42 Å². The van der Waals surface area contributed by atoms with E-state index in [0.717, 1.165) is 21.1 Å². The fourth-order valence-electron chi connectivity index (χ4n) is 3.29. The molecule has 0 aliphatic rings. The normalized spacial score (nSPS) is 10.9.